The van der Waals surface area contributed by atoms with Gasteiger partial charge in [0.05, 0.1) is 6.10 Å². The molecule has 1 atom stereocenters. The molecule has 0 spiro atoms. The Kier molecular flexibility index (Phi) is 4.88. The van der Waals surface area contributed by atoms with Crippen molar-refractivity contribution in [3.05, 3.63) is 0 Å². The maximum absolute atomic E-state index is 9.19. The van der Waals surface area contributed by atoms with E-state index < -0.39 is 0 Å². The van der Waals surface area contributed by atoms with Gasteiger partial charge in [-0.15, -0.1) is 0 Å². The van der Waals surface area contributed by atoms with Crippen LogP contribution in [0, 0.1) is 5.41 Å². The van der Waals surface area contributed by atoms with Crippen molar-refractivity contribution in [2.45, 2.75) is 38.7 Å². The van der Waals surface area contributed by atoms with Gasteiger partial charge < -0.3 is 10.0 Å². The second-order valence-corrected chi connectivity index (χ2v) is 5.42. The molecular formula is C11H22BrNO. The van der Waals surface area contributed by atoms with Gasteiger partial charge in [0, 0.05) is 18.4 Å². The number of hydrogen-bond acceptors (Lipinski definition) is 2. The number of aliphatic hydroxyl groups is 1. The minimum Gasteiger partial charge on any atom is -0.393 e. The zero-order chi connectivity index (χ0) is 10.6. The van der Waals surface area contributed by atoms with E-state index in [2.05, 4.69) is 27.9 Å². The third-order valence-electron chi connectivity index (χ3n) is 3.23. The number of halogens is 1. The van der Waals surface area contributed by atoms with E-state index in [4.69, 9.17) is 0 Å². The number of hydrogen-bond donors (Lipinski definition) is 1. The van der Waals surface area contributed by atoms with Crippen molar-refractivity contribution in [1.29, 1.82) is 0 Å². The van der Waals surface area contributed by atoms with E-state index in [9.17, 15) is 5.11 Å². The summed E-state index contributed by atoms with van der Waals surface area (Å²) in [6.07, 6.45) is 4.82. The van der Waals surface area contributed by atoms with E-state index in [-0.39, 0.29) is 6.10 Å². The highest BCUT2D eigenvalue weighted by molar-refractivity contribution is 9.09. The number of alkyl halides is 1. The van der Waals surface area contributed by atoms with Gasteiger partial charge in [-0.1, -0.05) is 22.4 Å². The fourth-order valence-corrected chi connectivity index (χ4v) is 2.81. The fraction of sp³-hybridized carbons (Fsp3) is 1.00. The second-order valence-electron chi connectivity index (χ2n) is 4.86. The molecule has 0 aromatic heterocycles. The van der Waals surface area contributed by atoms with Gasteiger partial charge in [-0.25, -0.2) is 0 Å². The summed E-state index contributed by atoms with van der Waals surface area (Å²) in [5, 5.41) is 10.3. The summed E-state index contributed by atoms with van der Waals surface area (Å²) in [6, 6.07) is 0. The van der Waals surface area contributed by atoms with Gasteiger partial charge in [-0.3, -0.25) is 0 Å². The molecule has 0 aliphatic heterocycles. The molecule has 1 unspecified atom stereocenters. The van der Waals surface area contributed by atoms with E-state index in [1.807, 2.05) is 6.92 Å². The highest BCUT2D eigenvalue weighted by atomic mass is 79.9. The van der Waals surface area contributed by atoms with Gasteiger partial charge in [-0.2, -0.15) is 0 Å². The quantitative estimate of drug-likeness (QED) is 0.744. The molecule has 84 valence electrons. The molecule has 14 heavy (non-hydrogen) atoms. The SMILES string of the molecule is CC(O)CCN(C)CC1(CBr)CCC1. The molecule has 1 saturated carbocycles. The van der Waals surface area contributed by atoms with Crippen molar-refractivity contribution in [2.24, 2.45) is 5.41 Å². The first-order chi connectivity index (χ1) is 6.58. The Morgan fingerprint density at radius 2 is 2.14 bits per heavy atom. The molecule has 1 N–H and O–H groups in total. The number of aliphatic hydroxyl groups excluding tert-OH is 1. The molecule has 0 aromatic rings. The van der Waals surface area contributed by atoms with Crippen LogP contribution < -0.4 is 0 Å². The van der Waals surface area contributed by atoms with E-state index in [1.165, 1.54) is 25.8 Å². The number of nitrogens with zero attached hydrogens (tertiary/aromatic N) is 1. The highest BCUT2D eigenvalue weighted by Crippen LogP contribution is 2.42. The Morgan fingerprint density at radius 1 is 1.50 bits per heavy atom. The van der Waals surface area contributed by atoms with Crippen LogP contribution in [0.25, 0.3) is 0 Å². The largest absolute Gasteiger partial charge is 0.393 e. The van der Waals surface area contributed by atoms with Crippen molar-refractivity contribution in [2.75, 3.05) is 25.5 Å². The molecule has 0 heterocycles. The van der Waals surface area contributed by atoms with Crippen molar-refractivity contribution < 1.29 is 5.11 Å². The molecule has 0 bridgehead atoms. The zero-order valence-corrected chi connectivity index (χ0v) is 10.9. The summed E-state index contributed by atoms with van der Waals surface area (Å²) in [7, 11) is 2.16. The third-order valence-corrected chi connectivity index (χ3v) is 4.42. The van der Waals surface area contributed by atoms with Crippen LogP contribution in [0.5, 0.6) is 0 Å². The smallest absolute Gasteiger partial charge is 0.0524 e. The van der Waals surface area contributed by atoms with Gasteiger partial charge in [-0.05, 0) is 38.6 Å². The average Bonchev–Trinajstić information content (AvgIpc) is 2.08. The van der Waals surface area contributed by atoms with Crippen LogP contribution in [0.4, 0.5) is 0 Å². The molecule has 3 heteroatoms. The lowest BCUT2D eigenvalue weighted by atomic mass is 9.70. The van der Waals surface area contributed by atoms with E-state index in [1.54, 1.807) is 0 Å². The lowest BCUT2D eigenvalue weighted by Gasteiger charge is -2.43. The molecule has 0 amide bonds. The molecule has 1 aliphatic rings. The molecule has 0 aromatic carbocycles. The van der Waals surface area contributed by atoms with Crippen molar-refractivity contribution in [1.82, 2.24) is 4.90 Å². The van der Waals surface area contributed by atoms with Crippen LogP contribution in [-0.2, 0) is 0 Å². The standard InChI is InChI=1S/C11H22BrNO/c1-10(14)4-7-13(2)9-11(8-12)5-3-6-11/h10,14H,3-9H2,1-2H3. The Morgan fingerprint density at radius 3 is 2.50 bits per heavy atom. The Bertz CT molecular complexity index is 163. The van der Waals surface area contributed by atoms with E-state index in [0.29, 0.717) is 5.41 Å². The van der Waals surface area contributed by atoms with Crippen LogP contribution >= 0.6 is 15.9 Å². The van der Waals surface area contributed by atoms with Crippen LogP contribution in [-0.4, -0.2) is 41.6 Å². The average molecular weight is 264 g/mol. The summed E-state index contributed by atoms with van der Waals surface area (Å²) < 4.78 is 0. The number of rotatable bonds is 6. The summed E-state index contributed by atoms with van der Waals surface area (Å²) >= 11 is 3.62. The highest BCUT2D eigenvalue weighted by Gasteiger charge is 2.36. The Balaban J connectivity index is 2.21. The lowest BCUT2D eigenvalue weighted by molar-refractivity contribution is 0.0930. The van der Waals surface area contributed by atoms with Crippen molar-refractivity contribution in [3.8, 4) is 0 Å². The second kappa shape index (κ2) is 5.47. The topological polar surface area (TPSA) is 23.5 Å². The summed E-state index contributed by atoms with van der Waals surface area (Å²) in [6.45, 7) is 4.04. The summed E-state index contributed by atoms with van der Waals surface area (Å²) in [5.74, 6) is 0. The minimum absolute atomic E-state index is 0.168. The summed E-state index contributed by atoms with van der Waals surface area (Å²) in [4.78, 5) is 2.35. The first-order valence-corrected chi connectivity index (χ1v) is 6.63. The normalized spacial score (nSPS) is 22.1. The Hall–Kier alpha value is 0.400. The van der Waals surface area contributed by atoms with E-state index >= 15 is 0 Å². The van der Waals surface area contributed by atoms with Gasteiger partial charge in [0.15, 0.2) is 0 Å². The molecule has 0 radical (unpaired) electrons. The fourth-order valence-electron chi connectivity index (χ4n) is 2.07. The molecule has 2 nitrogen and oxygen atoms in total. The maximum atomic E-state index is 9.19. The first kappa shape index (κ1) is 12.5. The predicted molar refractivity (Wildman–Crippen MR) is 63.9 cm³/mol. The third kappa shape index (κ3) is 3.52. The molecule has 1 aliphatic carbocycles. The monoisotopic (exact) mass is 263 g/mol. The van der Waals surface area contributed by atoms with Crippen LogP contribution in [0.15, 0.2) is 0 Å². The molecule has 1 fully saturated rings. The van der Waals surface area contributed by atoms with Crippen LogP contribution in [0.1, 0.15) is 32.6 Å². The van der Waals surface area contributed by atoms with Gasteiger partial charge in [0.2, 0.25) is 0 Å². The van der Waals surface area contributed by atoms with Crippen molar-refractivity contribution in [3.63, 3.8) is 0 Å². The molecular weight excluding hydrogens is 242 g/mol. The van der Waals surface area contributed by atoms with Gasteiger partial charge in [0.1, 0.15) is 0 Å². The van der Waals surface area contributed by atoms with E-state index in [0.717, 1.165) is 18.3 Å². The van der Waals surface area contributed by atoms with Gasteiger partial charge in [0.25, 0.3) is 0 Å². The van der Waals surface area contributed by atoms with Crippen molar-refractivity contribution >= 4 is 15.9 Å². The first-order valence-electron chi connectivity index (χ1n) is 5.50. The zero-order valence-electron chi connectivity index (χ0n) is 9.30. The molecule has 1 rings (SSSR count). The lowest BCUT2D eigenvalue weighted by Crippen LogP contribution is -2.42. The summed E-state index contributed by atoms with van der Waals surface area (Å²) in [5.41, 5.74) is 0.535. The Labute approximate surface area is 95.8 Å². The molecule has 0 saturated heterocycles. The maximum Gasteiger partial charge on any atom is 0.0524 e. The van der Waals surface area contributed by atoms with Crippen LogP contribution in [0.2, 0.25) is 0 Å². The van der Waals surface area contributed by atoms with Crippen LogP contribution in [0.3, 0.4) is 0 Å². The van der Waals surface area contributed by atoms with Gasteiger partial charge >= 0.3 is 0 Å². The minimum atomic E-state index is -0.168. The predicted octanol–water partition coefficient (Wildman–Crippen LogP) is 2.25.